The highest BCUT2D eigenvalue weighted by atomic mass is 35.5. The molecule has 1 heterocycles. The number of carbonyl (C=O) groups is 1. The normalized spacial score (nSPS) is 10.5. The van der Waals surface area contributed by atoms with Gasteiger partial charge in [0.1, 0.15) is 17.9 Å². The first-order valence-corrected chi connectivity index (χ1v) is 6.06. The number of hydrogen-bond acceptors (Lipinski definition) is 3. The molecule has 19 heavy (non-hydrogen) atoms. The smallest absolute Gasteiger partial charge is 0.339 e. The lowest BCUT2D eigenvalue weighted by Gasteiger charge is -2.08. The molecule has 0 radical (unpaired) electrons. The zero-order valence-corrected chi connectivity index (χ0v) is 11.4. The number of hydrogen-bond donors (Lipinski definition) is 1. The zero-order chi connectivity index (χ0) is 14.0. The highest BCUT2D eigenvalue weighted by molar-refractivity contribution is 6.34. The number of aromatic nitrogens is 2. The second-order valence-electron chi connectivity index (χ2n) is 3.83. The van der Waals surface area contributed by atoms with Crippen LogP contribution in [0.15, 0.2) is 24.4 Å². The van der Waals surface area contributed by atoms with Crippen LogP contribution >= 0.6 is 23.2 Å². The Hall–Kier alpha value is -1.72. The van der Waals surface area contributed by atoms with Crippen molar-refractivity contribution in [2.75, 3.05) is 0 Å². The summed E-state index contributed by atoms with van der Waals surface area (Å²) in [6.45, 7) is 0.0643. The molecule has 0 saturated heterocycles. The van der Waals surface area contributed by atoms with Crippen LogP contribution in [-0.2, 0) is 13.7 Å². The molecule has 1 aromatic carbocycles. The van der Waals surface area contributed by atoms with Gasteiger partial charge in [0.25, 0.3) is 0 Å². The van der Waals surface area contributed by atoms with Gasteiger partial charge in [-0.1, -0.05) is 23.2 Å². The summed E-state index contributed by atoms with van der Waals surface area (Å²) in [5.41, 5.74) is 0.569. The average molecular weight is 301 g/mol. The van der Waals surface area contributed by atoms with E-state index < -0.39 is 5.97 Å². The van der Waals surface area contributed by atoms with Crippen molar-refractivity contribution in [1.29, 1.82) is 0 Å². The number of aryl methyl sites for hydroxylation is 1. The van der Waals surface area contributed by atoms with E-state index in [1.54, 1.807) is 25.2 Å². The van der Waals surface area contributed by atoms with Crippen molar-refractivity contribution in [3.8, 4) is 5.75 Å². The zero-order valence-electron chi connectivity index (χ0n) is 9.93. The van der Waals surface area contributed by atoms with E-state index in [0.717, 1.165) is 0 Å². The molecule has 0 bridgehead atoms. The van der Waals surface area contributed by atoms with Crippen molar-refractivity contribution >= 4 is 29.2 Å². The molecule has 1 N–H and O–H groups in total. The number of aromatic carboxylic acids is 1. The van der Waals surface area contributed by atoms with E-state index in [1.165, 1.54) is 10.9 Å². The fourth-order valence-corrected chi connectivity index (χ4v) is 2.08. The van der Waals surface area contributed by atoms with Crippen LogP contribution in [0.4, 0.5) is 0 Å². The van der Waals surface area contributed by atoms with Crippen molar-refractivity contribution in [2.24, 2.45) is 7.05 Å². The summed E-state index contributed by atoms with van der Waals surface area (Å²) in [4.78, 5) is 11.0. The van der Waals surface area contributed by atoms with E-state index in [2.05, 4.69) is 5.10 Å². The number of ether oxygens (including phenoxy) is 1. The molecule has 100 valence electrons. The highest BCUT2D eigenvalue weighted by Gasteiger charge is 2.15. The van der Waals surface area contributed by atoms with Gasteiger partial charge in [0.2, 0.25) is 0 Å². The molecule has 0 unspecified atom stereocenters. The van der Waals surface area contributed by atoms with Crippen LogP contribution in [0, 0.1) is 0 Å². The monoisotopic (exact) mass is 300 g/mol. The fraction of sp³-hybridized carbons (Fsp3) is 0.167. The highest BCUT2D eigenvalue weighted by Crippen LogP contribution is 2.25. The van der Waals surface area contributed by atoms with Crippen molar-refractivity contribution in [3.63, 3.8) is 0 Å². The lowest BCUT2D eigenvalue weighted by molar-refractivity contribution is 0.0693. The van der Waals surface area contributed by atoms with Crippen LogP contribution in [0.2, 0.25) is 10.0 Å². The molecule has 0 spiro atoms. The minimum absolute atomic E-state index is 0.0643. The Balaban J connectivity index is 2.18. The van der Waals surface area contributed by atoms with Gasteiger partial charge in [0.15, 0.2) is 0 Å². The minimum Gasteiger partial charge on any atom is -0.487 e. The minimum atomic E-state index is -1.05. The van der Waals surface area contributed by atoms with Crippen LogP contribution in [0.25, 0.3) is 0 Å². The predicted molar refractivity (Wildman–Crippen MR) is 71.0 cm³/mol. The first kappa shape index (κ1) is 13.7. The Morgan fingerprint density at radius 1 is 1.37 bits per heavy atom. The molecule has 5 nitrogen and oxygen atoms in total. The summed E-state index contributed by atoms with van der Waals surface area (Å²) < 4.78 is 6.94. The maximum absolute atomic E-state index is 11.0. The number of halogens is 2. The maximum atomic E-state index is 11.0. The molecule has 0 fully saturated rings. The molecule has 0 saturated carbocycles. The van der Waals surface area contributed by atoms with Gasteiger partial charge in [0, 0.05) is 17.1 Å². The van der Waals surface area contributed by atoms with Gasteiger partial charge in [-0.15, -0.1) is 0 Å². The molecule has 1 aromatic heterocycles. The van der Waals surface area contributed by atoms with Crippen LogP contribution in [0.3, 0.4) is 0 Å². The molecule has 0 aliphatic heterocycles. The van der Waals surface area contributed by atoms with Crippen LogP contribution in [0.5, 0.6) is 5.75 Å². The summed E-state index contributed by atoms with van der Waals surface area (Å²) in [6, 6.07) is 4.79. The van der Waals surface area contributed by atoms with Gasteiger partial charge in [-0.25, -0.2) is 4.79 Å². The Bertz CT molecular complexity index is 605. The molecule has 2 rings (SSSR count). The third-order valence-electron chi connectivity index (χ3n) is 2.50. The second-order valence-corrected chi connectivity index (χ2v) is 4.70. The molecule has 0 amide bonds. The predicted octanol–water partition coefficient (Wildman–Crippen LogP) is 3.00. The van der Waals surface area contributed by atoms with Gasteiger partial charge in [0.05, 0.1) is 11.9 Å². The van der Waals surface area contributed by atoms with E-state index in [9.17, 15) is 4.79 Å². The molecule has 0 aliphatic rings. The summed E-state index contributed by atoms with van der Waals surface area (Å²) >= 11 is 11.7. The Morgan fingerprint density at radius 2 is 2.00 bits per heavy atom. The summed E-state index contributed by atoms with van der Waals surface area (Å²) in [5, 5.41) is 13.8. The van der Waals surface area contributed by atoms with E-state index in [4.69, 9.17) is 33.0 Å². The standard InChI is InChI=1S/C12H10Cl2N2O3/c1-16-11(10(5-15-16)12(17)18)6-19-9-3-7(13)2-8(14)4-9/h2-5H,6H2,1H3,(H,17,18). The maximum Gasteiger partial charge on any atom is 0.339 e. The van der Waals surface area contributed by atoms with Gasteiger partial charge in [-0.3, -0.25) is 4.68 Å². The van der Waals surface area contributed by atoms with E-state index in [1.807, 2.05) is 0 Å². The van der Waals surface area contributed by atoms with E-state index in [-0.39, 0.29) is 12.2 Å². The molecule has 2 aromatic rings. The van der Waals surface area contributed by atoms with Crippen molar-refractivity contribution in [3.05, 3.63) is 45.7 Å². The average Bonchev–Trinajstić information content (AvgIpc) is 2.67. The second kappa shape index (κ2) is 5.50. The topological polar surface area (TPSA) is 64.4 Å². The molecule has 7 heteroatoms. The Morgan fingerprint density at radius 3 is 2.58 bits per heavy atom. The van der Waals surface area contributed by atoms with Crippen LogP contribution < -0.4 is 4.74 Å². The quantitative estimate of drug-likeness (QED) is 0.943. The Kier molecular flexibility index (Phi) is 3.97. The third-order valence-corrected chi connectivity index (χ3v) is 2.94. The van der Waals surface area contributed by atoms with Crippen molar-refractivity contribution < 1.29 is 14.6 Å². The molecular weight excluding hydrogens is 291 g/mol. The SMILES string of the molecule is Cn1ncc(C(=O)O)c1COc1cc(Cl)cc(Cl)c1. The summed E-state index contributed by atoms with van der Waals surface area (Å²) in [6.07, 6.45) is 1.28. The lowest BCUT2D eigenvalue weighted by Crippen LogP contribution is -2.08. The van der Waals surface area contributed by atoms with Crippen LogP contribution in [0.1, 0.15) is 16.1 Å². The summed E-state index contributed by atoms with van der Waals surface area (Å²) in [5.74, 6) is -0.578. The molecule has 0 atom stereocenters. The number of nitrogens with zero attached hydrogens (tertiary/aromatic N) is 2. The van der Waals surface area contributed by atoms with Crippen LogP contribution in [-0.4, -0.2) is 20.9 Å². The number of rotatable bonds is 4. The van der Waals surface area contributed by atoms with E-state index in [0.29, 0.717) is 21.5 Å². The first-order chi connectivity index (χ1) is 8.97. The van der Waals surface area contributed by atoms with E-state index >= 15 is 0 Å². The number of carboxylic acid groups (broad SMARTS) is 1. The van der Waals surface area contributed by atoms with Crippen molar-refractivity contribution in [1.82, 2.24) is 9.78 Å². The van der Waals surface area contributed by atoms with Gasteiger partial charge >= 0.3 is 5.97 Å². The molecular formula is C12H10Cl2N2O3. The van der Waals surface area contributed by atoms with Crippen molar-refractivity contribution in [2.45, 2.75) is 6.61 Å². The third kappa shape index (κ3) is 3.19. The number of carboxylic acids is 1. The summed E-state index contributed by atoms with van der Waals surface area (Å²) in [7, 11) is 1.65. The van der Waals surface area contributed by atoms with Gasteiger partial charge < -0.3 is 9.84 Å². The number of benzene rings is 1. The fourth-order valence-electron chi connectivity index (χ4n) is 1.58. The molecule has 0 aliphatic carbocycles. The first-order valence-electron chi connectivity index (χ1n) is 5.30. The van der Waals surface area contributed by atoms with Gasteiger partial charge in [-0.2, -0.15) is 5.10 Å². The van der Waals surface area contributed by atoms with Gasteiger partial charge in [-0.05, 0) is 18.2 Å². The largest absolute Gasteiger partial charge is 0.487 e. The Labute approximate surface area is 119 Å². The lowest BCUT2D eigenvalue weighted by atomic mass is 10.2.